The second-order valence-corrected chi connectivity index (χ2v) is 5.09. The molecule has 8 heteroatoms. The van der Waals surface area contributed by atoms with Crippen LogP contribution in [0.5, 0.6) is 12.0 Å². The fourth-order valence-electron chi connectivity index (χ4n) is 2.10. The first-order valence-corrected chi connectivity index (χ1v) is 7.06. The minimum atomic E-state index is 0.165. The lowest BCUT2D eigenvalue weighted by Gasteiger charge is -2.36. The fourth-order valence-corrected chi connectivity index (χ4v) is 2.10. The van der Waals surface area contributed by atoms with Gasteiger partial charge < -0.3 is 24.4 Å². The molecule has 1 aliphatic heterocycles. The number of ether oxygens (including phenoxy) is 3. The first-order chi connectivity index (χ1) is 10.1. The smallest absolute Gasteiger partial charge is 0.324 e. The number of methoxy groups -OCH3 is 2. The highest BCUT2D eigenvalue weighted by Crippen LogP contribution is 2.19. The Bertz CT molecular complexity index is 435. The number of aromatic nitrogens is 3. The summed E-state index contributed by atoms with van der Waals surface area (Å²) in [7, 11) is 3.05. The lowest BCUT2D eigenvalue weighted by molar-refractivity contribution is 0.0921. The summed E-state index contributed by atoms with van der Waals surface area (Å²) < 4.78 is 15.8. The molecule has 1 N–H and O–H groups in total. The van der Waals surface area contributed by atoms with E-state index < -0.39 is 0 Å². The third kappa shape index (κ3) is 4.15. The Morgan fingerprint density at radius 1 is 1.24 bits per heavy atom. The first-order valence-electron chi connectivity index (χ1n) is 7.06. The first kappa shape index (κ1) is 15.7. The second-order valence-electron chi connectivity index (χ2n) is 5.09. The van der Waals surface area contributed by atoms with Crippen molar-refractivity contribution in [1.29, 1.82) is 0 Å². The second kappa shape index (κ2) is 7.37. The Labute approximate surface area is 124 Å². The molecule has 118 valence electrons. The summed E-state index contributed by atoms with van der Waals surface area (Å²) in [5, 5.41) is 3.42. The van der Waals surface area contributed by atoms with Gasteiger partial charge >= 0.3 is 12.0 Å². The van der Waals surface area contributed by atoms with E-state index in [4.69, 9.17) is 14.2 Å². The van der Waals surface area contributed by atoms with E-state index in [0.29, 0.717) is 25.2 Å². The van der Waals surface area contributed by atoms with Crippen molar-refractivity contribution < 1.29 is 14.2 Å². The average molecular weight is 297 g/mol. The lowest BCUT2D eigenvalue weighted by Crippen LogP contribution is -2.52. The molecule has 1 aliphatic rings. The summed E-state index contributed by atoms with van der Waals surface area (Å²) in [5.41, 5.74) is 0. The molecular formula is C13H23N5O3. The van der Waals surface area contributed by atoms with Gasteiger partial charge in [-0.15, -0.1) is 4.98 Å². The van der Waals surface area contributed by atoms with Crippen molar-refractivity contribution in [3.05, 3.63) is 0 Å². The number of nitrogens with zero attached hydrogens (tertiary/aromatic N) is 4. The van der Waals surface area contributed by atoms with Gasteiger partial charge in [0.15, 0.2) is 0 Å². The topological polar surface area (TPSA) is 81.6 Å². The van der Waals surface area contributed by atoms with Gasteiger partial charge in [0.05, 0.1) is 33.5 Å². The molecule has 1 aromatic rings. The molecule has 1 fully saturated rings. The maximum Gasteiger partial charge on any atom is 0.324 e. The van der Waals surface area contributed by atoms with Crippen LogP contribution in [0.2, 0.25) is 0 Å². The minimum Gasteiger partial charge on any atom is -0.467 e. The molecule has 8 nitrogen and oxygen atoms in total. The van der Waals surface area contributed by atoms with Crippen molar-refractivity contribution in [3.8, 4) is 12.0 Å². The average Bonchev–Trinajstić information content (AvgIpc) is 2.52. The molecule has 0 bridgehead atoms. The molecule has 0 saturated carbocycles. The fraction of sp³-hybridized carbons (Fsp3) is 0.769. The van der Waals surface area contributed by atoms with E-state index in [0.717, 1.165) is 13.1 Å². The van der Waals surface area contributed by atoms with Crippen molar-refractivity contribution in [2.24, 2.45) is 0 Å². The zero-order valence-corrected chi connectivity index (χ0v) is 13.0. The summed E-state index contributed by atoms with van der Waals surface area (Å²) in [6.45, 7) is 7.03. The van der Waals surface area contributed by atoms with Crippen LogP contribution >= 0.6 is 0 Å². The molecule has 1 unspecified atom stereocenters. The Hall–Kier alpha value is -1.67. The van der Waals surface area contributed by atoms with Crippen LogP contribution < -0.4 is 19.7 Å². The molecule has 0 amide bonds. The van der Waals surface area contributed by atoms with E-state index in [2.05, 4.69) is 39.0 Å². The molecule has 1 saturated heterocycles. The summed E-state index contributed by atoms with van der Waals surface area (Å²) in [4.78, 5) is 14.8. The van der Waals surface area contributed by atoms with Gasteiger partial charge in [0.25, 0.3) is 0 Å². The van der Waals surface area contributed by atoms with Crippen LogP contribution in [0.1, 0.15) is 13.8 Å². The van der Waals surface area contributed by atoms with Gasteiger partial charge in [0.1, 0.15) is 0 Å². The van der Waals surface area contributed by atoms with Crippen LogP contribution in [0.3, 0.4) is 0 Å². The SMILES string of the molecule is COc1nc(OC)nc(N2CCOCC2CNC(C)C)n1. The highest BCUT2D eigenvalue weighted by atomic mass is 16.5. The largest absolute Gasteiger partial charge is 0.467 e. The van der Waals surface area contributed by atoms with Crippen LogP contribution in [0.25, 0.3) is 0 Å². The highest BCUT2D eigenvalue weighted by molar-refractivity contribution is 5.34. The normalized spacial score (nSPS) is 18.9. The number of rotatable bonds is 6. The summed E-state index contributed by atoms with van der Waals surface area (Å²) in [5.74, 6) is 0.553. The van der Waals surface area contributed by atoms with Crippen molar-refractivity contribution >= 4 is 5.95 Å². The van der Waals surface area contributed by atoms with Crippen molar-refractivity contribution in [1.82, 2.24) is 20.3 Å². The van der Waals surface area contributed by atoms with Gasteiger partial charge in [-0.05, 0) is 0 Å². The molecule has 0 spiro atoms. The molecule has 0 radical (unpaired) electrons. The minimum absolute atomic E-state index is 0.165. The lowest BCUT2D eigenvalue weighted by atomic mass is 10.2. The zero-order valence-electron chi connectivity index (χ0n) is 13.0. The van der Waals surface area contributed by atoms with Crippen LogP contribution in [0.15, 0.2) is 0 Å². The number of morpholine rings is 1. The third-order valence-electron chi connectivity index (χ3n) is 3.19. The molecular weight excluding hydrogens is 274 g/mol. The number of hydrogen-bond donors (Lipinski definition) is 1. The number of hydrogen-bond acceptors (Lipinski definition) is 8. The van der Waals surface area contributed by atoms with Gasteiger partial charge in [-0.2, -0.15) is 9.97 Å². The number of anilines is 1. The quantitative estimate of drug-likeness (QED) is 0.791. The number of nitrogens with one attached hydrogen (secondary N) is 1. The maximum absolute atomic E-state index is 5.56. The summed E-state index contributed by atoms with van der Waals surface area (Å²) in [6, 6.07) is 1.08. The molecule has 21 heavy (non-hydrogen) atoms. The Balaban J connectivity index is 2.19. The van der Waals surface area contributed by atoms with Gasteiger partial charge in [0.2, 0.25) is 5.95 Å². The van der Waals surface area contributed by atoms with Crippen LogP contribution in [0.4, 0.5) is 5.95 Å². The van der Waals surface area contributed by atoms with Crippen LogP contribution in [-0.4, -0.2) is 67.6 Å². The molecule has 0 aliphatic carbocycles. The third-order valence-corrected chi connectivity index (χ3v) is 3.19. The highest BCUT2D eigenvalue weighted by Gasteiger charge is 2.26. The van der Waals surface area contributed by atoms with Crippen LogP contribution in [-0.2, 0) is 4.74 Å². The molecule has 2 rings (SSSR count). The van der Waals surface area contributed by atoms with Crippen molar-refractivity contribution in [2.45, 2.75) is 25.9 Å². The molecule has 0 aromatic carbocycles. The van der Waals surface area contributed by atoms with Gasteiger partial charge in [0, 0.05) is 19.1 Å². The van der Waals surface area contributed by atoms with E-state index in [1.165, 1.54) is 14.2 Å². The standard InChI is InChI=1S/C13H23N5O3/c1-9(2)14-7-10-8-21-6-5-18(10)11-15-12(19-3)17-13(16-11)20-4/h9-10,14H,5-8H2,1-4H3. The van der Waals surface area contributed by atoms with E-state index in [-0.39, 0.29) is 18.1 Å². The van der Waals surface area contributed by atoms with Crippen molar-refractivity contribution in [3.63, 3.8) is 0 Å². The van der Waals surface area contributed by atoms with E-state index in [1.54, 1.807) is 0 Å². The van der Waals surface area contributed by atoms with Crippen LogP contribution in [0, 0.1) is 0 Å². The predicted octanol–water partition coefficient (Wildman–Crippen LogP) is 0.0920. The van der Waals surface area contributed by atoms with Crippen molar-refractivity contribution in [2.75, 3.05) is 45.4 Å². The van der Waals surface area contributed by atoms with E-state index in [9.17, 15) is 0 Å². The summed E-state index contributed by atoms with van der Waals surface area (Å²) in [6.07, 6.45) is 0. The molecule has 1 atom stereocenters. The van der Waals surface area contributed by atoms with E-state index >= 15 is 0 Å². The maximum atomic E-state index is 5.56. The predicted molar refractivity (Wildman–Crippen MR) is 78.0 cm³/mol. The van der Waals surface area contributed by atoms with Gasteiger partial charge in [-0.1, -0.05) is 13.8 Å². The Kier molecular flexibility index (Phi) is 5.51. The molecule has 1 aromatic heterocycles. The van der Waals surface area contributed by atoms with Gasteiger partial charge in [-0.3, -0.25) is 0 Å². The molecule has 2 heterocycles. The van der Waals surface area contributed by atoms with Gasteiger partial charge in [-0.25, -0.2) is 0 Å². The zero-order chi connectivity index (χ0) is 15.2. The monoisotopic (exact) mass is 297 g/mol. The van der Waals surface area contributed by atoms with E-state index in [1.807, 2.05) is 0 Å². The summed E-state index contributed by atoms with van der Waals surface area (Å²) >= 11 is 0. The Morgan fingerprint density at radius 2 is 1.90 bits per heavy atom. The Morgan fingerprint density at radius 3 is 2.48 bits per heavy atom.